The van der Waals surface area contributed by atoms with Gasteiger partial charge in [0, 0.05) is 12.1 Å². The summed E-state index contributed by atoms with van der Waals surface area (Å²) in [5, 5.41) is 0. The van der Waals surface area contributed by atoms with E-state index in [1.165, 1.54) is 6.07 Å². The average molecular weight is 347 g/mol. The predicted molar refractivity (Wildman–Crippen MR) is 88.9 cm³/mol. The number of nitrogens with zero attached hydrogens (tertiary/aromatic N) is 1. The second kappa shape index (κ2) is 7.09. The summed E-state index contributed by atoms with van der Waals surface area (Å²) in [5.41, 5.74) is 1.07. The molecule has 2 aromatic carbocycles. The van der Waals surface area contributed by atoms with Gasteiger partial charge in [-0.05, 0) is 48.7 Å². The van der Waals surface area contributed by atoms with Crippen molar-refractivity contribution in [2.75, 3.05) is 20.8 Å². The molecule has 0 bridgehead atoms. The van der Waals surface area contributed by atoms with Crippen molar-refractivity contribution < 1.29 is 23.0 Å². The summed E-state index contributed by atoms with van der Waals surface area (Å²) in [5.74, 6) is -1.09. The Kier molecular flexibility index (Phi) is 4.88. The SMILES string of the molecule is COc1ccc(C2CCCN2C(=O)c2ccc(F)c(F)c2)cc1OC. The number of likely N-dealkylation sites (tertiary alicyclic amines) is 1. The normalized spacial score (nSPS) is 16.8. The Morgan fingerprint density at radius 2 is 1.80 bits per heavy atom. The fourth-order valence-electron chi connectivity index (χ4n) is 3.21. The molecule has 0 radical (unpaired) electrons. The van der Waals surface area contributed by atoms with Gasteiger partial charge in [0.2, 0.25) is 0 Å². The molecule has 6 heteroatoms. The van der Waals surface area contributed by atoms with E-state index < -0.39 is 11.6 Å². The van der Waals surface area contributed by atoms with Crippen LogP contribution in [-0.4, -0.2) is 31.6 Å². The molecule has 1 saturated heterocycles. The number of benzene rings is 2. The summed E-state index contributed by atoms with van der Waals surface area (Å²) in [4.78, 5) is 14.4. The van der Waals surface area contributed by atoms with Crippen molar-refractivity contribution >= 4 is 5.91 Å². The average Bonchev–Trinajstić information content (AvgIpc) is 3.12. The third-order valence-electron chi connectivity index (χ3n) is 4.47. The van der Waals surface area contributed by atoms with Gasteiger partial charge in [-0.3, -0.25) is 4.79 Å². The van der Waals surface area contributed by atoms with Gasteiger partial charge >= 0.3 is 0 Å². The lowest BCUT2D eigenvalue weighted by atomic mass is 10.0. The summed E-state index contributed by atoms with van der Waals surface area (Å²) >= 11 is 0. The maximum atomic E-state index is 13.5. The minimum Gasteiger partial charge on any atom is -0.493 e. The molecule has 0 aliphatic carbocycles. The molecule has 0 spiro atoms. The van der Waals surface area contributed by atoms with Crippen molar-refractivity contribution in [2.45, 2.75) is 18.9 Å². The second-order valence-electron chi connectivity index (χ2n) is 5.90. The van der Waals surface area contributed by atoms with Crippen LogP contribution < -0.4 is 9.47 Å². The van der Waals surface area contributed by atoms with E-state index in [1.54, 1.807) is 25.2 Å². The van der Waals surface area contributed by atoms with Gasteiger partial charge in [-0.2, -0.15) is 0 Å². The van der Waals surface area contributed by atoms with Gasteiger partial charge in [0.05, 0.1) is 20.3 Å². The van der Waals surface area contributed by atoms with Crippen LogP contribution in [0.25, 0.3) is 0 Å². The fourth-order valence-corrected chi connectivity index (χ4v) is 3.21. The zero-order valence-corrected chi connectivity index (χ0v) is 14.1. The smallest absolute Gasteiger partial charge is 0.254 e. The molecular weight excluding hydrogens is 328 g/mol. The van der Waals surface area contributed by atoms with Crippen LogP contribution in [0.2, 0.25) is 0 Å². The van der Waals surface area contributed by atoms with Crippen molar-refractivity contribution in [3.8, 4) is 11.5 Å². The first-order valence-corrected chi connectivity index (χ1v) is 8.03. The molecule has 1 unspecified atom stereocenters. The van der Waals surface area contributed by atoms with Gasteiger partial charge in [-0.25, -0.2) is 8.78 Å². The van der Waals surface area contributed by atoms with E-state index in [0.29, 0.717) is 18.0 Å². The first-order chi connectivity index (χ1) is 12.0. The highest BCUT2D eigenvalue weighted by molar-refractivity contribution is 5.94. The van der Waals surface area contributed by atoms with Crippen molar-refractivity contribution in [1.82, 2.24) is 4.90 Å². The second-order valence-corrected chi connectivity index (χ2v) is 5.90. The van der Waals surface area contributed by atoms with Crippen LogP contribution in [0.3, 0.4) is 0 Å². The number of carbonyl (C=O) groups excluding carboxylic acids is 1. The lowest BCUT2D eigenvalue weighted by Gasteiger charge is -2.26. The standard InChI is InChI=1S/C19H19F2NO3/c1-24-17-8-6-12(11-18(17)25-2)16-4-3-9-22(16)19(23)13-5-7-14(20)15(21)10-13/h5-8,10-11,16H,3-4,9H2,1-2H3. The molecule has 0 aromatic heterocycles. The maximum absolute atomic E-state index is 13.5. The monoisotopic (exact) mass is 347 g/mol. The van der Waals surface area contributed by atoms with Crippen molar-refractivity contribution in [3.05, 3.63) is 59.2 Å². The van der Waals surface area contributed by atoms with Crippen LogP contribution in [0.1, 0.15) is 34.8 Å². The van der Waals surface area contributed by atoms with Gasteiger partial charge in [0.1, 0.15) is 0 Å². The topological polar surface area (TPSA) is 38.8 Å². The highest BCUT2D eigenvalue weighted by Crippen LogP contribution is 2.37. The number of rotatable bonds is 4. The van der Waals surface area contributed by atoms with E-state index in [0.717, 1.165) is 30.5 Å². The van der Waals surface area contributed by atoms with Crippen LogP contribution in [0.15, 0.2) is 36.4 Å². The van der Waals surface area contributed by atoms with Crippen LogP contribution >= 0.6 is 0 Å². The number of carbonyl (C=O) groups is 1. The quantitative estimate of drug-likeness (QED) is 0.840. The molecule has 1 atom stereocenters. The number of hydrogen-bond acceptors (Lipinski definition) is 3. The maximum Gasteiger partial charge on any atom is 0.254 e. The van der Waals surface area contributed by atoms with Crippen molar-refractivity contribution in [3.63, 3.8) is 0 Å². The molecule has 132 valence electrons. The Bertz CT molecular complexity index is 794. The summed E-state index contributed by atoms with van der Waals surface area (Å²) in [6.07, 6.45) is 1.64. The number of ether oxygens (including phenoxy) is 2. The minimum atomic E-state index is -1.02. The Morgan fingerprint density at radius 3 is 2.48 bits per heavy atom. The molecule has 4 nitrogen and oxygen atoms in total. The molecule has 1 aliphatic rings. The number of amides is 1. The predicted octanol–water partition coefficient (Wildman–Crippen LogP) is 3.96. The third kappa shape index (κ3) is 3.29. The van der Waals surface area contributed by atoms with Crippen LogP contribution in [-0.2, 0) is 0 Å². The molecule has 1 fully saturated rings. The number of methoxy groups -OCH3 is 2. The Labute approximate surface area is 145 Å². The van der Waals surface area contributed by atoms with E-state index in [4.69, 9.17) is 9.47 Å². The Balaban J connectivity index is 1.89. The zero-order valence-electron chi connectivity index (χ0n) is 14.1. The fraction of sp³-hybridized carbons (Fsp3) is 0.316. The summed E-state index contributed by atoms with van der Waals surface area (Å²) < 4.78 is 37.1. The largest absolute Gasteiger partial charge is 0.493 e. The molecular formula is C19H19F2NO3. The van der Waals surface area contributed by atoms with Crippen molar-refractivity contribution in [1.29, 1.82) is 0 Å². The molecule has 25 heavy (non-hydrogen) atoms. The van der Waals surface area contributed by atoms with Crippen LogP contribution in [0.5, 0.6) is 11.5 Å². The lowest BCUT2D eigenvalue weighted by molar-refractivity contribution is 0.0735. The zero-order chi connectivity index (χ0) is 18.0. The molecule has 1 aliphatic heterocycles. The van der Waals surface area contributed by atoms with Crippen molar-refractivity contribution in [2.24, 2.45) is 0 Å². The Morgan fingerprint density at radius 1 is 1.04 bits per heavy atom. The van der Waals surface area contributed by atoms with E-state index >= 15 is 0 Å². The molecule has 3 rings (SSSR count). The molecule has 0 saturated carbocycles. The molecule has 2 aromatic rings. The third-order valence-corrected chi connectivity index (χ3v) is 4.47. The highest BCUT2D eigenvalue weighted by atomic mass is 19.2. The Hall–Kier alpha value is -2.63. The molecule has 0 N–H and O–H groups in total. The number of hydrogen-bond donors (Lipinski definition) is 0. The lowest BCUT2D eigenvalue weighted by Crippen LogP contribution is -2.30. The highest BCUT2D eigenvalue weighted by Gasteiger charge is 2.31. The summed E-state index contributed by atoms with van der Waals surface area (Å²) in [6.45, 7) is 0.566. The van der Waals surface area contributed by atoms with Gasteiger partial charge < -0.3 is 14.4 Å². The van der Waals surface area contributed by atoms with E-state index in [2.05, 4.69) is 0 Å². The minimum absolute atomic E-state index is 0.138. The first kappa shape index (κ1) is 17.2. The van der Waals surface area contributed by atoms with Gasteiger partial charge in [-0.1, -0.05) is 6.07 Å². The van der Waals surface area contributed by atoms with Crippen LogP contribution in [0, 0.1) is 11.6 Å². The summed E-state index contributed by atoms with van der Waals surface area (Å²) in [6, 6.07) is 8.63. The first-order valence-electron chi connectivity index (χ1n) is 8.03. The van der Waals surface area contributed by atoms with E-state index in [-0.39, 0.29) is 17.5 Å². The molecule has 1 heterocycles. The van der Waals surface area contributed by atoms with Gasteiger partial charge in [0.15, 0.2) is 23.1 Å². The molecule has 1 amide bonds. The van der Waals surface area contributed by atoms with Gasteiger partial charge in [0.25, 0.3) is 5.91 Å². The van der Waals surface area contributed by atoms with E-state index in [1.807, 2.05) is 12.1 Å². The summed E-state index contributed by atoms with van der Waals surface area (Å²) in [7, 11) is 3.12. The number of halogens is 2. The van der Waals surface area contributed by atoms with E-state index in [9.17, 15) is 13.6 Å². The van der Waals surface area contributed by atoms with Crippen LogP contribution in [0.4, 0.5) is 8.78 Å². The van der Waals surface area contributed by atoms with Gasteiger partial charge in [-0.15, -0.1) is 0 Å².